The van der Waals surface area contributed by atoms with Crippen molar-refractivity contribution in [3.63, 3.8) is 0 Å². The fourth-order valence-corrected chi connectivity index (χ4v) is 1.88. The smallest absolute Gasteiger partial charge is 0.0530 e. The van der Waals surface area contributed by atoms with Crippen molar-refractivity contribution in [3.05, 3.63) is 11.0 Å². The average Bonchev–Trinajstić information content (AvgIpc) is 2.31. The largest absolute Gasteiger partial charge is 0.121 e. The van der Waals surface area contributed by atoms with Crippen molar-refractivity contribution in [2.45, 2.75) is 65.2 Å². The normalized spacial score (nSPS) is 11.1. The molecule has 1 heteroatoms. The van der Waals surface area contributed by atoms with E-state index in [0.29, 0.717) is 0 Å². The van der Waals surface area contributed by atoms with Crippen molar-refractivity contribution in [2.75, 3.05) is 6.26 Å². The fourth-order valence-electron chi connectivity index (χ4n) is 1.43. The van der Waals surface area contributed by atoms with Crippen LogP contribution in [0.4, 0.5) is 0 Å². The second-order valence-corrected chi connectivity index (χ2v) is 4.88. The van der Waals surface area contributed by atoms with Gasteiger partial charge in [-0.25, -0.2) is 0 Å². The topological polar surface area (TPSA) is 0 Å². The molecule has 0 saturated heterocycles. The number of allylic oxidation sites excluding steroid dienone is 2. The van der Waals surface area contributed by atoms with Gasteiger partial charge in [0.15, 0.2) is 0 Å². The zero-order valence-corrected chi connectivity index (χ0v) is 12.0. The van der Waals surface area contributed by atoms with E-state index in [1.165, 1.54) is 49.9 Å². The lowest BCUT2D eigenvalue weighted by Crippen LogP contribution is -1.76. The summed E-state index contributed by atoms with van der Waals surface area (Å²) in [4.78, 5) is 1.26. The van der Waals surface area contributed by atoms with Gasteiger partial charge in [-0.2, -0.15) is 0 Å². The second-order valence-electron chi connectivity index (χ2n) is 4.03. The van der Waals surface area contributed by atoms with E-state index < -0.39 is 0 Å². The quantitative estimate of drug-likeness (QED) is 0.403. The summed E-state index contributed by atoms with van der Waals surface area (Å²) in [7, 11) is 0. The molecule has 0 saturated carbocycles. The second kappa shape index (κ2) is 12.7. The molecule has 0 rings (SSSR count). The predicted molar refractivity (Wildman–Crippen MR) is 77.7 cm³/mol. The Labute approximate surface area is 106 Å². The average molecular weight is 238 g/mol. The third kappa shape index (κ3) is 10.2. The van der Waals surface area contributed by atoms with Crippen LogP contribution in [0.25, 0.3) is 0 Å². The first-order chi connectivity index (χ1) is 7.85. The van der Waals surface area contributed by atoms with E-state index in [1.807, 2.05) is 0 Å². The monoisotopic (exact) mass is 238 g/mol. The number of rotatable bonds is 8. The van der Waals surface area contributed by atoms with Crippen LogP contribution in [0.2, 0.25) is 0 Å². The molecule has 0 aromatic heterocycles. The van der Waals surface area contributed by atoms with Gasteiger partial charge in [0.2, 0.25) is 0 Å². The van der Waals surface area contributed by atoms with E-state index in [1.54, 1.807) is 11.8 Å². The molecule has 0 spiro atoms. The molecule has 0 bridgehead atoms. The van der Waals surface area contributed by atoms with Gasteiger partial charge in [0.1, 0.15) is 0 Å². The minimum absolute atomic E-state index is 1.06. The molecule has 0 radical (unpaired) electrons. The van der Waals surface area contributed by atoms with Gasteiger partial charge in [-0.05, 0) is 25.5 Å². The van der Waals surface area contributed by atoms with E-state index in [9.17, 15) is 0 Å². The van der Waals surface area contributed by atoms with E-state index >= 15 is 0 Å². The molecule has 16 heavy (non-hydrogen) atoms. The van der Waals surface area contributed by atoms with Gasteiger partial charge in [0.25, 0.3) is 0 Å². The fraction of sp³-hybridized carbons (Fsp3) is 0.733. The van der Waals surface area contributed by atoms with Crippen molar-refractivity contribution >= 4 is 11.8 Å². The Hall–Kier alpha value is -0.350. The highest BCUT2D eigenvalue weighted by molar-refractivity contribution is 8.02. The molecule has 0 fully saturated rings. The lowest BCUT2D eigenvalue weighted by atomic mass is 10.2. The Bertz CT molecular complexity index is 230. The first-order valence-electron chi connectivity index (χ1n) is 6.58. The molecule has 0 heterocycles. The van der Waals surface area contributed by atoms with Crippen molar-refractivity contribution in [2.24, 2.45) is 0 Å². The lowest BCUT2D eigenvalue weighted by Gasteiger charge is -1.95. The minimum Gasteiger partial charge on any atom is -0.121 e. The standard InChI is InChI=1S/C15H26S/c1-4-6-8-10-12-14-15(16-3)13-11-9-7-5-2/h13H,4-11H2,1-3H3/b15-13-. The van der Waals surface area contributed by atoms with E-state index in [4.69, 9.17) is 0 Å². The van der Waals surface area contributed by atoms with Crippen LogP contribution in [0.1, 0.15) is 65.2 Å². The summed E-state index contributed by atoms with van der Waals surface area (Å²) in [6.45, 7) is 4.47. The van der Waals surface area contributed by atoms with Gasteiger partial charge in [-0.1, -0.05) is 57.4 Å². The number of hydrogen-bond donors (Lipinski definition) is 0. The Morgan fingerprint density at radius 2 is 1.75 bits per heavy atom. The first-order valence-corrected chi connectivity index (χ1v) is 7.80. The zero-order chi connectivity index (χ0) is 12.1. The van der Waals surface area contributed by atoms with Crippen molar-refractivity contribution in [3.8, 4) is 11.8 Å². The Morgan fingerprint density at radius 3 is 2.38 bits per heavy atom. The molecule has 92 valence electrons. The van der Waals surface area contributed by atoms with Crippen LogP contribution in [-0.4, -0.2) is 6.26 Å². The predicted octanol–water partition coefficient (Wildman–Crippen LogP) is 5.40. The highest BCUT2D eigenvalue weighted by Gasteiger charge is 1.89. The van der Waals surface area contributed by atoms with Crippen LogP contribution < -0.4 is 0 Å². The highest BCUT2D eigenvalue weighted by atomic mass is 32.2. The maximum atomic E-state index is 3.28. The summed E-state index contributed by atoms with van der Waals surface area (Å²) < 4.78 is 0. The summed E-state index contributed by atoms with van der Waals surface area (Å²) in [6, 6.07) is 0. The molecular weight excluding hydrogens is 212 g/mol. The van der Waals surface area contributed by atoms with Crippen molar-refractivity contribution < 1.29 is 0 Å². The van der Waals surface area contributed by atoms with Gasteiger partial charge >= 0.3 is 0 Å². The SMILES string of the molecule is CCCCCC#C/C(=C/CCCCC)SC. The van der Waals surface area contributed by atoms with Crippen LogP contribution in [0.3, 0.4) is 0 Å². The molecule has 0 amide bonds. The number of unbranched alkanes of at least 4 members (excludes halogenated alkanes) is 6. The van der Waals surface area contributed by atoms with Crippen LogP contribution in [-0.2, 0) is 0 Å². The summed E-state index contributed by atoms with van der Waals surface area (Å²) in [5, 5.41) is 0. The van der Waals surface area contributed by atoms with Gasteiger partial charge in [-0.3, -0.25) is 0 Å². The molecule has 0 aromatic rings. The molecule has 0 aliphatic rings. The molecule has 0 nitrogen and oxygen atoms in total. The summed E-state index contributed by atoms with van der Waals surface area (Å²) >= 11 is 1.78. The maximum Gasteiger partial charge on any atom is 0.0530 e. The first kappa shape index (κ1) is 15.7. The zero-order valence-electron chi connectivity index (χ0n) is 11.1. The molecular formula is C15H26S. The third-order valence-electron chi connectivity index (χ3n) is 2.47. The van der Waals surface area contributed by atoms with Crippen LogP contribution >= 0.6 is 11.8 Å². The van der Waals surface area contributed by atoms with Crippen molar-refractivity contribution in [1.82, 2.24) is 0 Å². The van der Waals surface area contributed by atoms with Gasteiger partial charge in [-0.15, -0.1) is 11.8 Å². The maximum absolute atomic E-state index is 3.28. The van der Waals surface area contributed by atoms with E-state index in [2.05, 4.69) is 38.0 Å². The highest BCUT2D eigenvalue weighted by Crippen LogP contribution is 2.13. The molecule has 0 atom stereocenters. The minimum atomic E-state index is 1.06. The van der Waals surface area contributed by atoms with Crippen LogP contribution in [0, 0.1) is 11.8 Å². The Kier molecular flexibility index (Phi) is 12.4. The Morgan fingerprint density at radius 1 is 1.06 bits per heavy atom. The summed E-state index contributed by atoms with van der Waals surface area (Å²) in [6.07, 6.45) is 14.4. The number of thioether (sulfide) groups is 1. The van der Waals surface area contributed by atoms with E-state index in [0.717, 1.165) is 6.42 Å². The Balaban J connectivity index is 3.78. The molecule has 0 unspecified atom stereocenters. The van der Waals surface area contributed by atoms with Crippen LogP contribution in [0.15, 0.2) is 11.0 Å². The molecule has 0 aliphatic carbocycles. The van der Waals surface area contributed by atoms with Crippen LogP contribution in [0.5, 0.6) is 0 Å². The van der Waals surface area contributed by atoms with E-state index in [-0.39, 0.29) is 0 Å². The summed E-state index contributed by atoms with van der Waals surface area (Å²) in [5.74, 6) is 6.55. The number of hydrogen-bond acceptors (Lipinski definition) is 1. The van der Waals surface area contributed by atoms with Crippen molar-refractivity contribution in [1.29, 1.82) is 0 Å². The molecule has 0 aromatic carbocycles. The lowest BCUT2D eigenvalue weighted by molar-refractivity contribution is 0.729. The van der Waals surface area contributed by atoms with Gasteiger partial charge in [0.05, 0.1) is 4.91 Å². The van der Waals surface area contributed by atoms with Gasteiger partial charge < -0.3 is 0 Å². The van der Waals surface area contributed by atoms with Gasteiger partial charge in [0, 0.05) is 6.42 Å². The molecule has 0 aliphatic heterocycles. The third-order valence-corrected chi connectivity index (χ3v) is 3.18. The molecule has 0 N–H and O–H groups in total. The summed E-state index contributed by atoms with van der Waals surface area (Å²) in [5.41, 5.74) is 0.